The van der Waals surface area contributed by atoms with Gasteiger partial charge in [-0.1, -0.05) is 6.07 Å². The minimum atomic E-state index is -0.961. The minimum absolute atomic E-state index is 0.0302. The number of anilines is 1. The van der Waals surface area contributed by atoms with Crippen LogP contribution in [0.2, 0.25) is 0 Å². The van der Waals surface area contributed by atoms with E-state index in [2.05, 4.69) is 5.32 Å². The van der Waals surface area contributed by atoms with Gasteiger partial charge in [0.1, 0.15) is 11.6 Å². The monoisotopic (exact) mass is 316 g/mol. The summed E-state index contributed by atoms with van der Waals surface area (Å²) in [4.78, 5) is 35.3. The second kappa shape index (κ2) is 5.28. The first-order valence-electron chi connectivity index (χ1n) is 6.63. The van der Waals surface area contributed by atoms with E-state index in [-0.39, 0.29) is 23.2 Å². The van der Waals surface area contributed by atoms with E-state index >= 15 is 0 Å². The number of nitrogens with two attached hydrogens (primary N) is 1. The van der Waals surface area contributed by atoms with E-state index in [1.807, 2.05) is 0 Å². The van der Waals surface area contributed by atoms with Crippen LogP contribution in [0.3, 0.4) is 0 Å². The number of fused-ring (bicyclic) bond motifs is 1. The van der Waals surface area contributed by atoms with Crippen LogP contribution in [0.1, 0.15) is 36.6 Å². The SMILES string of the molecule is Nc1cc(CC(=O)c2c(F)cccc2F)cc2c1C(=O)NC2=O. The molecular weight excluding hydrogens is 306 g/mol. The maximum atomic E-state index is 13.6. The molecule has 0 aliphatic carbocycles. The molecule has 3 rings (SSSR count). The van der Waals surface area contributed by atoms with Gasteiger partial charge in [-0.2, -0.15) is 0 Å². The number of imide groups is 1. The molecule has 0 fully saturated rings. The topological polar surface area (TPSA) is 89.3 Å². The van der Waals surface area contributed by atoms with Crippen molar-refractivity contribution in [1.29, 1.82) is 0 Å². The second-order valence-electron chi connectivity index (χ2n) is 5.09. The number of benzene rings is 2. The Kier molecular flexibility index (Phi) is 3.40. The number of halogens is 2. The zero-order chi connectivity index (χ0) is 16.7. The smallest absolute Gasteiger partial charge is 0.261 e. The van der Waals surface area contributed by atoms with Crippen molar-refractivity contribution < 1.29 is 23.2 Å². The molecule has 0 bridgehead atoms. The number of amides is 2. The third-order valence-corrected chi connectivity index (χ3v) is 3.53. The molecule has 116 valence electrons. The standard InChI is InChI=1S/C16H10F2N2O3/c17-9-2-1-3-10(18)14(9)12(21)6-7-4-8-13(11(19)5-7)16(23)20-15(8)22/h1-5H,6,19H2,(H,20,22,23). The summed E-state index contributed by atoms with van der Waals surface area (Å²) in [5, 5.41) is 2.09. The third-order valence-electron chi connectivity index (χ3n) is 3.53. The molecule has 5 nitrogen and oxygen atoms in total. The molecule has 1 aliphatic rings. The van der Waals surface area contributed by atoms with Crippen LogP contribution < -0.4 is 11.1 Å². The van der Waals surface area contributed by atoms with Gasteiger partial charge in [0.25, 0.3) is 11.8 Å². The summed E-state index contributed by atoms with van der Waals surface area (Å²) < 4.78 is 27.2. The average molecular weight is 316 g/mol. The Bertz CT molecular complexity index is 858. The van der Waals surface area contributed by atoms with Crippen LogP contribution in [0.25, 0.3) is 0 Å². The number of Topliss-reactive ketones (excluding diaryl/α,β-unsaturated/α-hetero) is 1. The molecule has 0 spiro atoms. The first kappa shape index (κ1) is 14.8. The molecule has 2 aromatic carbocycles. The Morgan fingerprint density at radius 3 is 2.39 bits per heavy atom. The number of rotatable bonds is 3. The molecule has 2 amide bonds. The van der Waals surface area contributed by atoms with Crippen LogP contribution >= 0.6 is 0 Å². The minimum Gasteiger partial charge on any atom is -0.398 e. The van der Waals surface area contributed by atoms with Crippen LogP contribution in [0, 0.1) is 11.6 Å². The highest BCUT2D eigenvalue weighted by atomic mass is 19.1. The zero-order valence-electron chi connectivity index (χ0n) is 11.7. The number of hydrogen-bond donors (Lipinski definition) is 2. The number of carbonyl (C=O) groups is 3. The summed E-state index contributed by atoms with van der Waals surface area (Å²) in [7, 11) is 0. The maximum Gasteiger partial charge on any atom is 0.261 e. The number of carbonyl (C=O) groups excluding carboxylic acids is 3. The molecule has 23 heavy (non-hydrogen) atoms. The summed E-state index contributed by atoms with van der Waals surface area (Å²) in [6.45, 7) is 0. The lowest BCUT2D eigenvalue weighted by molar-refractivity contribution is 0.0878. The lowest BCUT2D eigenvalue weighted by Gasteiger charge is -2.07. The van der Waals surface area contributed by atoms with Gasteiger partial charge in [-0.3, -0.25) is 19.7 Å². The van der Waals surface area contributed by atoms with Crippen LogP contribution in [-0.4, -0.2) is 17.6 Å². The molecule has 1 aliphatic heterocycles. The summed E-state index contributed by atoms with van der Waals surface area (Å²) >= 11 is 0. The van der Waals surface area contributed by atoms with E-state index in [0.29, 0.717) is 5.56 Å². The molecule has 7 heteroatoms. The summed E-state index contributed by atoms with van der Waals surface area (Å²) in [5.41, 5.74) is 5.49. The zero-order valence-corrected chi connectivity index (χ0v) is 11.7. The van der Waals surface area contributed by atoms with E-state index in [4.69, 9.17) is 5.73 Å². The molecule has 0 unspecified atom stereocenters. The molecule has 0 aromatic heterocycles. The normalized spacial score (nSPS) is 13.0. The average Bonchev–Trinajstić information content (AvgIpc) is 2.73. The van der Waals surface area contributed by atoms with E-state index in [1.165, 1.54) is 12.1 Å². The van der Waals surface area contributed by atoms with E-state index in [0.717, 1.165) is 18.2 Å². The van der Waals surface area contributed by atoms with Crippen molar-refractivity contribution in [2.75, 3.05) is 5.73 Å². The highest BCUT2D eigenvalue weighted by molar-refractivity contribution is 6.23. The van der Waals surface area contributed by atoms with Crippen molar-refractivity contribution >= 4 is 23.3 Å². The van der Waals surface area contributed by atoms with Crippen LogP contribution in [0.4, 0.5) is 14.5 Å². The van der Waals surface area contributed by atoms with E-state index in [1.54, 1.807) is 0 Å². The van der Waals surface area contributed by atoms with Gasteiger partial charge in [0.15, 0.2) is 5.78 Å². The summed E-state index contributed by atoms with van der Waals surface area (Å²) in [6, 6.07) is 5.79. The number of hydrogen-bond acceptors (Lipinski definition) is 4. The molecule has 0 atom stereocenters. The van der Waals surface area contributed by atoms with Gasteiger partial charge in [-0.15, -0.1) is 0 Å². The third kappa shape index (κ3) is 2.46. The second-order valence-corrected chi connectivity index (χ2v) is 5.09. The molecule has 0 saturated carbocycles. The Hall–Kier alpha value is -3.09. The van der Waals surface area contributed by atoms with Gasteiger partial charge in [0.05, 0.1) is 16.7 Å². The van der Waals surface area contributed by atoms with Gasteiger partial charge in [0.2, 0.25) is 0 Å². The summed E-state index contributed by atoms with van der Waals surface area (Å²) in [6.07, 6.45) is -0.350. The van der Waals surface area contributed by atoms with Crippen LogP contribution in [0.15, 0.2) is 30.3 Å². The highest BCUT2D eigenvalue weighted by Crippen LogP contribution is 2.25. The van der Waals surface area contributed by atoms with Gasteiger partial charge in [-0.25, -0.2) is 8.78 Å². The quantitative estimate of drug-likeness (QED) is 0.514. The Balaban J connectivity index is 1.97. The highest BCUT2D eigenvalue weighted by Gasteiger charge is 2.30. The van der Waals surface area contributed by atoms with Crippen LogP contribution in [0.5, 0.6) is 0 Å². The fourth-order valence-corrected chi connectivity index (χ4v) is 2.53. The predicted octanol–water partition coefficient (Wildman–Crippen LogP) is 1.86. The molecule has 0 radical (unpaired) electrons. The number of ketones is 1. The van der Waals surface area contributed by atoms with Crippen molar-refractivity contribution in [1.82, 2.24) is 5.32 Å². The number of nitrogen functional groups attached to an aromatic ring is 1. The Morgan fingerprint density at radius 1 is 1.09 bits per heavy atom. The van der Waals surface area contributed by atoms with Crippen molar-refractivity contribution in [2.45, 2.75) is 6.42 Å². The van der Waals surface area contributed by atoms with Gasteiger partial charge in [-0.05, 0) is 29.8 Å². The van der Waals surface area contributed by atoms with Gasteiger partial charge >= 0.3 is 0 Å². The van der Waals surface area contributed by atoms with Crippen molar-refractivity contribution in [3.8, 4) is 0 Å². The molecule has 1 heterocycles. The fourth-order valence-electron chi connectivity index (χ4n) is 2.53. The molecule has 0 saturated heterocycles. The number of nitrogens with one attached hydrogen (secondary N) is 1. The Morgan fingerprint density at radius 2 is 1.74 bits per heavy atom. The Labute approximate surface area is 129 Å². The van der Waals surface area contributed by atoms with Crippen molar-refractivity contribution in [3.05, 3.63) is 64.2 Å². The van der Waals surface area contributed by atoms with E-state index < -0.39 is 34.8 Å². The molecule has 3 N–H and O–H groups in total. The summed E-state index contributed by atoms with van der Waals surface area (Å²) in [5.74, 6) is -3.94. The first-order valence-corrected chi connectivity index (χ1v) is 6.63. The van der Waals surface area contributed by atoms with Gasteiger partial charge < -0.3 is 5.73 Å². The van der Waals surface area contributed by atoms with Crippen molar-refractivity contribution in [3.63, 3.8) is 0 Å². The van der Waals surface area contributed by atoms with Crippen LogP contribution in [-0.2, 0) is 6.42 Å². The maximum absolute atomic E-state index is 13.6. The van der Waals surface area contributed by atoms with Gasteiger partial charge in [0, 0.05) is 12.1 Å². The largest absolute Gasteiger partial charge is 0.398 e. The van der Waals surface area contributed by atoms with E-state index in [9.17, 15) is 23.2 Å². The predicted molar refractivity (Wildman–Crippen MR) is 77.0 cm³/mol. The fraction of sp³-hybridized carbons (Fsp3) is 0.0625. The molecular formula is C16H10F2N2O3. The first-order chi connectivity index (χ1) is 10.9. The lowest BCUT2D eigenvalue weighted by Crippen LogP contribution is -2.20. The molecule has 2 aromatic rings. The van der Waals surface area contributed by atoms with Crippen molar-refractivity contribution in [2.24, 2.45) is 0 Å². The lowest BCUT2D eigenvalue weighted by atomic mass is 9.97.